The number of nitrogens with zero attached hydrogens (tertiary/aromatic N) is 4. The van der Waals surface area contributed by atoms with E-state index in [2.05, 4.69) is 10.2 Å². The molecule has 0 aliphatic carbocycles. The summed E-state index contributed by atoms with van der Waals surface area (Å²) in [5.74, 6) is -1.17. The number of benzene rings is 3. The number of hydrogen-bond donors (Lipinski definition) is 1. The second-order valence-corrected chi connectivity index (χ2v) is 12.3. The molecule has 0 aliphatic heterocycles. The van der Waals surface area contributed by atoms with Gasteiger partial charge in [-0.3, -0.25) is 14.5 Å². The van der Waals surface area contributed by atoms with Crippen molar-refractivity contribution in [3.8, 4) is 11.3 Å². The number of imidazole rings is 1. The molecule has 0 aliphatic rings. The number of aromatic nitrogens is 3. The number of nitrogens with one attached hydrogen (secondary N) is 1. The molecule has 0 unspecified atom stereocenters. The minimum Gasteiger partial charge on any atom is -0.459 e. The lowest BCUT2D eigenvalue weighted by Crippen LogP contribution is -2.30. The van der Waals surface area contributed by atoms with E-state index in [9.17, 15) is 18.8 Å². The lowest BCUT2D eigenvalue weighted by Gasteiger charge is -2.19. The summed E-state index contributed by atoms with van der Waals surface area (Å²) in [4.78, 5) is 47.2. The van der Waals surface area contributed by atoms with Crippen molar-refractivity contribution in [3.63, 3.8) is 0 Å². The van der Waals surface area contributed by atoms with Gasteiger partial charge in [0.2, 0.25) is 11.7 Å². The highest BCUT2D eigenvalue weighted by Gasteiger charge is 2.26. The second-order valence-electron chi connectivity index (χ2n) is 12.3. The first-order chi connectivity index (χ1) is 23.1. The molecule has 0 bridgehead atoms. The van der Waals surface area contributed by atoms with Crippen LogP contribution < -0.4 is 10.9 Å². The summed E-state index contributed by atoms with van der Waals surface area (Å²) in [6.45, 7) is 8.41. The van der Waals surface area contributed by atoms with Crippen LogP contribution in [0.1, 0.15) is 67.7 Å². The smallest absolute Gasteiger partial charge is 0.345 e. The second kappa shape index (κ2) is 15.2. The maximum Gasteiger partial charge on any atom is 0.345 e. The first-order valence-electron chi connectivity index (χ1n) is 16.3. The van der Waals surface area contributed by atoms with E-state index in [4.69, 9.17) is 9.72 Å². The highest BCUT2D eigenvalue weighted by atomic mass is 19.1. The average Bonchev–Trinajstić information content (AvgIpc) is 3.45. The highest BCUT2D eigenvalue weighted by molar-refractivity contribution is 5.92. The van der Waals surface area contributed by atoms with Gasteiger partial charge in [0, 0.05) is 42.0 Å². The van der Waals surface area contributed by atoms with Crippen molar-refractivity contribution in [2.24, 2.45) is 5.92 Å². The number of rotatable bonds is 13. The van der Waals surface area contributed by atoms with Crippen molar-refractivity contribution in [1.29, 1.82) is 0 Å². The van der Waals surface area contributed by atoms with Gasteiger partial charge in [0.1, 0.15) is 17.5 Å². The molecule has 250 valence electrons. The molecule has 0 saturated carbocycles. The number of anilines is 1. The Balaban J connectivity index is 1.70. The molecule has 10 heteroatoms. The third-order valence-corrected chi connectivity index (χ3v) is 8.30. The van der Waals surface area contributed by atoms with Gasteiger partial charge in [0.15, 0.2) is 0 Å². The average molecular weight is 652 g/mol. The molecular weight excluding hydrogens is 609 g/mol. The van der Waals surface area contributed by atoms with Gasteiger partial charge in [0.05, 0.1) is 17.9 Å². The van der Waals surface area contributed by atoms with Crippen LogP contribution in [0.5, 0.6) is 0 Å². The quantitative estimate of drug-likeness (QED) is 0.139. The predicted molar refractivity (Wildman–Crippen MR) is 185 cm³/mol. The number of carbonyl (C=O) groups excluding carboxylic acids is 2. The fourth-order valence-electron chi connectivity index (χ4n) is 5.55. The third kappa shape index (κ3) is 7.71. The fourth-order valence-corrected chi connectivity index (χ4v) is 5.55. The summed E-state index contributed by atoms with van der Waals surface area (Å²) in [6.07, 6.45) is 2.28. The molecule has 2 heterocycles. The summed E-state index contributed by atoms with van der Waals surface area (Å²) >= 11 is 0. The van der Waals surface area contributed by atoms with E-state index in [1.807, 2.05) is 77.2 Å². The molecule has 0 spiro atoms. The summed E-state index contributed by atoms with van der Waals surface area (Å²) in [5, 5.41) is 2.90. The summed E-state index contributed by atoms with van der Waals surface area (Å²) < 4.78 is 23.8. The third-order valence-electron chi connectivity index (χ3n) is 8.30. The minimum atomic E-state index is -0.734. The van der Waals surface area contributed by atoms with E-state index in [1.165, 1.54) is 16.7 Å². The van der Waals surface area contributed by atoms with Gasteiger partial charge in [-0.1, -0.05) is 88.4 Å². The van der Waals surface area contributed by atoms with E-state index < -0.39 is 17.3 Å². The number of amides is 1. The Bertz CT molecular complexity index is 1950. The summed E-state index contributed by atoms with van der Waals surface area (Å²) in [7, 11) is 1.95. The maximum atomic E-state index is 15.0. The molecule has 2 aromatic heterocycles. The summed E-state index contributed by atoms with van der Waals surface area (Å²) in [6, 6.07) is 23.6. The van der Waals surface area contributed by atoms with Crippen LogP contribution in [0.3, 0.4) is 0 Å². The van der Waals surface area contributed by atoms with Crippen molar-refractivity contribution in [2.75, 3.05) is 12.4 Å². The Morgan fingerprint density at radius 3 is 2.25 bits per heavy atom. The standard InChI is InChI=1S/C38H42FN5O4/c1-6-30(7-2)48-37(47)31-23-43(22-28-15-11-12-16-32(28)39)38-41-34(27-17-19-29(20-18-27)40-35(45)25(3)4)33(44(38)36(31)46)24-42(5)21-26-13-9-8-10-14-26/h8-20,23,25,30H,6-7,21-22,24H2,1-5H3,(H,40,45). The van der Waals surface area contributed by atoms with Crippen LogP contribution in [0.15, 0.2) is 89.9 Å². The zero-order valence-corrected chi connectivity index (χ0v) is 28.1. The number of hydrogen-bond acceptors (Lipinski definition) is 6. The zero-order valence-electron chi connectivity index (χ0n) is 28.1. The molecule has 48 heavy (non-hydrogen) atoms. The number of ether oxygens (including phenoxy) is 1. The van der Waals surface area contributed by atoms with Crippen LogP contribution in [0.25, 0.3) is 17.0 Å². The largest absolute Gasteiger partial charge is 0.459 e. The van der Waals surface area contributed by atoms with Gasteiger partial charge < -0.3 is 14.6 Å². The molecule has 9 nitrogen and oxygen atoms in total. The Morgan fingerprint density at radius 1 is 0.938 bits per heavy atom. The normalized spacial score (nSPS) is 11.5. The topological polar surface area (TPSA) is 97.9 Å². The van der Waals surface area contributed by atoms with Crippen molar-refractivity contribution in [1.82, 2.24) is 18.9 Å². The van der Waals surface area contributed by atoms with E-state index in [1.54, 1.807) is 34.9 Å². The number of carbonyl (C=O) groups is 2. The molecule has 0 saturated heterocycles. The van der Waals surface area contributed by atoms with E-state index in [0.717, 1.165) is 5.56 Å². The Kier molecular flexibility index (Phi) is 10.9. The Morgan fingerprint density at radius 2 is 1.60 bits per heavy atom. The van der Waals surface area contributed by atoms with Crippen molar-refractivity contribution >= 4 is 23.3 Å². The fraction of sp³-hybridized carbons (Fsp3) is 0.316. The van der Waals surface area contributed by atoms with Gasteiger partial charge in [-0.25, -0.2) is 18.6 Å². The molecule has 3 aromatic carbocycles. The first kappa shape index (κ1) is 34.3. The van der Waals surface area contributed by atoms with Crippen LogP contribution in [-0.2, 0) is 29.2 Å². The van der Waals surface area contributed by atoms with E-state index >= 15 is 0 Å². The first-order valence-corrected chi connectivity index (χ1v) is 16.3. The molecular formula is C38H42FN5O4. The SMILES string of the molecule is CCC(CC)OC(=O)c1cn(Cc2ccccc2F)c2nc(-c3ccc(NC(=O)C(C)C)cc3)c(CN(C)Cc3ccccc3)n2c1=O. The Hall–Kier alpha value is -5.09. The van der Waals surface area contributed by atoms with Gasteiger partial charge in [-0.2, -0.15) is 0 Å². The number of halogens is 1. The van der Waals surface area contributed by atoms with Gasteiger partial charge in [-0.05, 0) is 43.7 Å². The molecule has 1 amide bonds. The molecule has 5 aromatic rings. The predicted octanol–water partition coefficient (Wildman–Crippen LogP) is 6.92. The monoisotopic (exact) mass is 651 g/mol. The highest BCUT2D eigenvalue weighted by Crippen LogP contribution is 2.28. The zero-order chi connectivity index (χ0) is 34.4. The number of fused-ring (bicyclic) bond motifs is 1. The van der Waals surface area contributed by atoms with Crippen molar-refractivity contribution in [2.45, 2.75) is 66.3 Å². The number of esters is 1. The molecule has 0 fully saturated rings. The van der Waals surface area contributed by atoms with Crippen LogP contribution in [-0.4, -0.2) is 43.9 Å². The lowest BCUT2D eigenvalue weighted by molar-refractivity contribution is -0.118. The van der Waals surface area contributed by atoms with Gasteiger partial charge in [0.25, 0.3) is 5.56 Å². The van der Waals surface area contributed by atoms with E-state index in [0.29, 0.717) is 54.1 Å². The molecule has 0 radical (unpaired) electrons. The van der Waals surface area contributed by atoms with Gasteiger partial charge in [-0.15, -0.1) is 0 Å². The van der Waals surface area contributed by atoms with Crippen LogP contribution >= 0.6 is 0 Å². The van der Waals surface area contributed by atoms with Crippen molar-refractivity contribution in [3.05, 3.63) is 124 Å². The summed E-state index contributed by atoms with van der Waals surface area (Å²) in [5.41, 5.74) is 3.18. The molecule has 1 N–H and O–H groups in total. The van der Waals surface area contributed by atoms with Gasteiger partial charge >= 0.3 is 5.97 Å². The molecule has 5 rings (SSSR count). The van der Waals surface area contributed by atoms with Crippen LogP contribution in [0.2, 0.25) is 0 Å². The maximum absolute atomic E-state index is 15.0. The molecule has 0 atom stereocenters. The van der Waals surface area contributed by atoms with E-state index in [-0.39, 0.29) is 35.8 Å². The lowest BCUT2D eigenvalue weighted by atomic mass is 10.1. The van der Waals surface area contributed by atoms with Crippen LogP contribution in [0, 0.1) is 11.7 Å². The van der Waals surface area contributed by atoms with Crippen LogP contribution in [0.4, 0.5) is 10.1 Å². The van der Waals surface area contributed by atoms with Crippen molar-refractivity contribution < 1.29 is 18.7 Å². The Labute approximate surface area is 280 Å². The minimum absolute atomic E-state index is 0.0254.